The molecule has 108 valence electrons. The highest BCUT2D eigenvalue weighted by molar-refractivity contribution is 5.55. The molecule has 0 spiro atoms. The van der Waals surface area contributed by atoms with Crippen LogP contribution in [-0.4, -0.2) is 30.3 Å². The van der Waals surface area contributed by atoms with Crippen LogP contribution in [0.1, 0.15) is 36.8 Å². The summed E-state index contributed by atoms with van der Waals surface area (Å²) in [4.78, 5) is 4.20. The average molecular weight is 274 g/mol. The topological polar surface area (TPSA) is 84.0 Å². The summed E-state index contributed by atoms with van der Waals surface area (Å²) < 4.78 is 5.83. The summed E-state index contributed by atoms with van der Waals surface area (Å²) in [6, 6.07) is 4.37. The van der Waals surface area contributed by atoms with E-state index in [0.29, 0.717) is 36.7 Å². The lowest BCUT2D eigenvalue weighted by Crippen LogP contribution is -2.31. The van der Waals surface area contributed by atoms with E-state index in [4.69, 9.17) is 15.7 Å². The number of nitriles is 1. The first kappa shape index (κ1) is 14.8. The van der Waals surface area contributed by atoms with Gasteiger partial charge in [0.1, 0.15) is 11.9 Å². The summed E-state index contributed by atoms with van der Waals surface area (Å²) in [7, 11) is 0. The maximum absolute atomic E-state index is 9.11. The van der Waals surface area contributed by atoms with Gasteiger partial charge in [-0.2, -0.15) is 5.26 Å². The molecular formula is C15H22N4O. The van der Waals surface area contributed by atoms with E-state index >= 15 is 0 Å². The van der Waals surface area contributed by atoms with E-state index in [1.165, 1.54) is 0 Å². The van der Waals surface area contributed by atoms with Crippen LogP contribution < -0.4 is 11.1 Å². The Morgan fingerprint density at radius 3 is 2.90 bits per heavy atom. The SMILES string of the molecule is Cc1ccnc(NCCOC2CCC(N)CC2)c1C#N. The maximum Gasteiger partial charge on any atom is 0.144 e. The summed E-state index contributed by atoms with van der Waals surface area (Å²) >= 11 is 0. The highest BCUT2D eigenvalue weighted by Crippen LogP contribution is 2.20. The Labute approximate surface area is 120 Å². The first-order valence-corrected chi connectivity index (χ1v) is 7.17. The van der Waals surface area contributed by atoms with Crippen LogP contribution in [0.4, 0.5) is 5.82 Å². The zero-order valence-electron chi connectivity index (χ0n) is 11.9. The number of aryl methyl sites for hydroxylation is 1. The van der Waals surface area contributed by atoms with Gasteiger partial charge in [-0.15, -0.1) is 0 Å². The first-order valence-electron chi connectivity index (χ1n) is 7.17. The number of nitrogens with two attached hydrogens (primary N) is 1. The fourth-order valence-electron chi connectivity index (χ4n) is 2.48. The fraction of sp³-hybridized carbons (Fsp3) is 0.600. The minimum absolute atomic E-state index is 0.331. The molecule has 2 rings (SSSR count). The number of nitrogens with zero attached hydrogens (tertiary/aromatic N) is 2. The van der Waals surface area contributed by atoms with Crippen LogP contribution in [-0.2, 0) is 4.74 Å². The minimum atomic E-state index is 0.331. The van der Waals surface area contributed by atoms with Crippen molar-refractivity contribution in [1.82, 2.24) is 4.98 Å². The van der Waals surface area contributed by atoms with Crippen molar-refractivity contribution in [3.8, 4) is 6.07 Å². The van der Waals surface area contributed by atoms with Gasteiger partial charge in [0.2, 0.25) is 0 Å². The van der Waals surface area contributed by atoms with Crippen LogP contribution in [0.15, 0.2) is 12.3 Å². The van der Waals surface area contributed by atoms with Gasteiger partial charge in [0.15, 0.2) is 0 Å². The molecule has 0 radical (unpaired) electrons. The van der Waals surface area contributed by atoms with E-state index in [1.807, 2.05) is 13.0 Å². The van der Waals surface area contributed by atoms with Crippen molar-refractivity contribution >= 4 is 5.82 Å². The second-order valence-corrected chi connectivity index (χ2v) is 5.30. The van der Waals surface area contributed by atoms with Gasteiger partial charge in [0, 0.05) is 18.8 Å². The monoisotopic (exact) mass is 274 g/mol. The van der Waals surface area contributed by atoms with Crippen molar-refractivity contribution < 1.29 is 4.74 Å². The van der Waals surface area contributed by atoms with Crippen LogP contribution in [0, 0.1) is 18.3 Å². The largest absolute Gasteiger partial charge is 0.376 e. The summed E-state index contributed by atoms with van der Waals surface area (Å²) in [6.45, 7) is 3.20. The van der Waals surface area contributed by atoms with E-state index in [0.717, 1.165) is 31.2 Å². The molecule has 5 nitrogen and oxygen atoms in total. The highest BCUT2D eigenvalue weighted by Gasteiger charge is 2.18. The molecule has 1 aromatic rings. The molecule has 0 atom stereocenters. The predicted molar refractivity (Wildman–Crippen MR) is 78.4 cm³/mol. The number of nitrogens with one attached hydrogen (secondary N) is 1. The third-order valence-corrected chi connectivity index (χ3v) is 3.74. The second-order valence-electron chi connectivity index (χ2n) is 5.30. The van der Waals surface area contributed by atoms with Crippen molar-refractivity contribution in [2.75, 3.05) is 18.5 Å². The summed E-state index contributed by atoms with van der Waals surface area (Å²) in [6.07, 6.45) is 6.24. The van der Waals surface area contributed by atoms with E-state index < -0.39 is 0 Å². The molecule has 0 aliphatic heterocycles. The van der Waals surface area contributed by atoms with Gasteiger partial charge >= 0.3 is 0 Å². The van der Waals surface area contributed by atoms with Crippen molar-refractivity contribution in [1.29, 1.82) is 5.26 Å². The predicted octanol–water partition coefficient (Wildman–Crippen LogP) is 1.96. The molecule has 0 amide bonds. The lowest BCUT2D eigenvalue weighted by atomic mass is 9.94. The van der Waals surface area contributed by atoms with E-state index in [2.05, 4.69) is 16.4 Å². The van der Waals surface area contributed by atoms with Gasteiger partial charge in [0.25, 0.3) is 0 Å². The Morgan fingerprint density at radius 1 is 1.45 bits per heavy atom. The number of anilines is 1. The second kappa shape index (κ2) is 7.22. The normalized spacial score (nSPS) is 22.2. The van der Waals surface area contributed by atoms with Crippen molar-refractivity contribution in [2.45, 2.75) is 44.8 Å². The Hall–Kier alpha value is -1.64. The molecule has 5 heteroatoms. The van der Waals surface area contributed by atoms with Crippen LogP contribution in [0.25, 0.3) is 0 Å². The number of hydrogen-bond donors (Lipinski definition) is 2. The first-order chi connectivity index (χ1) is 9.70. The molecule has 1 aromatic heterocycles. The van der Waals surface area contributed by atoms with Gasteiger partial charge in [-0.05, 0) is 44.2 Å². The molecule has 20 heavy (non-hydrogen) atoms. The zero-order chi connectivity index (χ0) is 14.4. The van der Waals surface area contributed by atoms with Crippen molar-refractivity contribution in [2.24, 2.45) is 5.73 Å². The third kappa shape index (κ3) is 3.92. The standard InChI is InChI=1S/C15H22N4O/c1-11-6-7-18-15(14(11)10-16)19-8-9-20-13-4-2-12(17)3-5-13/h6-7,12-13H,2-5,8-9,17H2,1H3,(H,18,19). The van der Waals surface area contributed by atoms with Gasteiger partial charge in [-0.25, -0.2) is 4.98 Å². The lowest BCUT2D eigenvalue weighted by molar-refractivity contribution is 0.0313. The molecule has 3 N–H and O–H groups in total. The van der Waals surface area contributed by atoms with Gasteiger partial charge in [0.05, 0.1) is 18.3 Å². The molecule has 0 aromatic carbocycles. The van der Waals surface area contributed by atoms with E-state index in [1.54, 1.807) is 6.20 Å². The molecule has 0 unspecified atom stereocenters. The van der Waals surface area contributed by atoms with Crippen LogP contribution in [0.3, 0.4) is 0 Å². The van der Waals surface area contributed by atoms with Gasteiger partial charge in [-0.1, -0.05) is 0 Å². The fourth-order valence-corrected chi connectivity index (χ4v) is 2.48. The molecular weight excluding hydrogens is 252 g/mol. The Kier molecular flexibility index (Phi) is 5.33. The highest BCUT2D eigenvalue weighted by atomic mass is 16.5. The molecule has 1 fully saturated rings. The molecule has 0 saturated heterocycles. The quantitative estimate of drug-likeness (QED) is 0.802. The van der Waals surface area contributed by atoms with Crippen LogP contribution >= 0.6 is 0 Å². The number of rotatable bonds is 5. The van der Waals surface area contributed by atoms with E-state index in [-0.39, 0.29) is 0 Å². The van der Waals surface area contributed by atoms with Crippen molar-refractivity contribution in [3.05, 3.63) is 23.4 Å². The Morgan fingerprint density at radius 2 is 2.20 bits per heavy atom. The minimum Gasteiger partial charge on any atom is -0.376 e. The molecule has 1 saturated carbocycles. The molecule has 1 heterocycles. The van der Waals surface area contributed by atoms with Crippen LogP contribution in [0.5, 0.6) is 0 Å². The smallest absolute Gasteiger partial charge is 0.144 e. The molecule has 0 bridgehead atoms. The third-order valence-electron chi connectivity index (χ3n) is 3.74. The zero-order valence-corrected chi connectivity index (χ0v) is 11.9. The van der Waals surface area contributed by atoms with Gasteiger partial charge < -0.3 is 15.8 Å². The lowest BCUT2D eigenvalue weighted by Gasteiger charge is -2.26. The summed E-state index contributed by atoms with van der Waals surface area (Å²) in [5.41, 5.74) is 7.41. The number of ether oxygens (including phenoxy) is 1. The number of aromatic nitrogens is 1. The Balaban J connectivity index is 1.74. The number of pyridine rings is 1. The van der Waals surface area contributed by atoms with Gasteiger partial charge in [-0.3, -0.25) is 0 Å². The number of hydrogen-bond acceptors (Lipinski definition) is 5. The summed E-state index contributed by atoms with van der Waals surface area (Å²) in [5, 5.41) is 12.3. The van der Waals surface area contributed by atoms with E-state index in [9.17, 15) is 0 Å². The molecule has 1 aliphatic rings. The average Bonchev–Trinajstić information content (AvgIpc) is 2.45. The van der Waals surface area contributed by atoms with Crippen molar-refractivity contribution in [3.63, 3.8) is 0 Å². The molecule has 1 aliphatic carbocycles. The maximum atomic E-state index is 9.11. The van der Waals surface area contributed by atoms with Crippen LogP contribution in [0.2, 0.25) is 0 Å². The summed E-state index contributed by atoms with van der Waals surface area (Å²) in [5.74, 6) is 0.641. The Bertz CT molecular complexity index is 475.